The van der Waals surface area contributed by atoms with Crippen LogP contribution in [0.3, 0.4) is 0 Å². The van der Waals surface area contributed by atoms with Crippen LogP contribution in [0.5, 0.6) is 5.75 Å². The molecule has 0 spiro atoms. The number of benzene rings is 2. The zero-order chi connectivity index (χ0) is 27.9. The summed E-state index contributed by atoms with van der Waals surface area (Å²) in [6.45, 7) is 12.1. The minimum absolute atomic E-state index is 0.0365. The van der Waals surface area contributed by atoms with Gasteiger partial charge in [-0.15, -0.1) is 0 Å². The first-order valence-corrected chi connectivity index (χ1v) is 17.0. The first-order chi connectivity index (χ1) is 17.7. The molecule has 4 nitrogen and oxygen atoms in total. The van der Waals surface area contributed by atoms with E-state index in [0.29, 0.717) is 18.2 Å². The minimum Gasteiger partial charge on any atom is -0.497 e. The Hall–Kier alpha value is -1.87. The third kappa shape index (κ3) is 5.55. The Labute approximate surface area is 226 Å². The summed E-state index contributed by atoms with van der Waals surface area (Å²) in [7, 11) is -1.27. The summed E-state index contributed by atoms with van der Waals surface area (Å²) >= 11 is 0. The highest BCUT2D eigenvalue weighted by Crippen LogP contribution is 2.55. The monoisotopic (exact) mass is 549 g/mol. The summed E-state index contributed by atoms with van der Waals surface area (Å²) in [6.07, 6.45) is -3.68. The minimum atomic E-state index is -4.75. The molecule has 38 heavy (non-hydrogen) atoms. The number of nitrogens with zero attached hydrogens (tertiary/aromatic N) is 1. The molecule has 0 aromatic heterocycles. The van der Waals surface area contributed by atoms with Crippen LogP contribution in [0, 0.1) is 11.8 Å². The first-order valence-electron chi connectivity index (χ1n) is 13.6. The molecule has 1 heterocycles. The van der Waals surface area contributed by atoms with Gasteiger partial charge < -0.3 is 13.9 Å². The summed E-state index contributed by atoms with van der Waals surface area (Å²) in [5.74, 6) is 1.00. The van der Waals surface area contributed by atoms with E-state index in [4.69, 9.17) is 13.9 Å². The molecule has 0 unspecified atom stereocenters. The normalized spacial score (nSPS) is 27.8. The Morgan fingerprint density at radius 3 is 2.18 bits per heavy atom. The summed E-state index contributed by atoms with van der Waals surface area (Å²) in [5.41, 5.74) is -2.26. The molecule has 0 N–H and O–H groups in total. The molecule has 1 saturated carbocycles. The largest absolute Gasteiger partial charge is 0.497 e. The van der Waals surface area contributed by atoms with Crippen molar-refractivity contribution in [2.24, 2.45) is 11.8 Å². The van der Waals surface area contributed by atoms with E-state index < -0.39 is 31.9 Å². The second-order valence-electron chi connectivity index (χ2n) is 12.5. The molecule has 4 rings (SSSR count). The number of fused-ring (bicyclic) bond motifs is 1. The van der Waals surface area contributed by atoms with Crippen molar-refractivity contribution in [3.63, 3.8) is 0 Å². The number of hydrogen-bond acceptors (Lipinski definition) is 4. The highest BCUT2D eigenvalue weighted by Gasteiger charge is 2.69. The van der Waals surface area contributed by atoms with Gasteiger partial charge in [-0.25, -0.2) is 0 Å². The van der Waals surface area contributed by atoms with E-state index in [1.54, 1.807) is 31.8 Å². The topological polar surface area (TPSA) is 30.9 Å². The molecule has 1 aliphatic carbocycles. The Morgan fingerprint density at radius 2 is 1.63 bits per heavy atom. The SMILES string of the molecule is COc1ccc([C@](O[Si](C)(C)C)([C@@H]2O[C@@H]3C[C@H](C)CC[C@H]3C(C)(C)N2Cc2ccccc2)C(F)(F)F)cc1. The van der Waals surface area contributed by atoms with E-state index in [9.17, 15) is 0 Å². The molecule has 0 radical (unpaired) electrons. The van der Waals surface area contributed by atoms with E-state index in [1.165, 1.54) is 19.2 Å². The molecule has 210 valence electrons. The van der Waals surface area contributed by atoms with Gasteiger partial charge in [-0.05, 0) is 75.5 Å². The van der Waals surface area contributed by atoms with Crippen molar-refractivity contribution in [2.75, 3.05) is 7.11 Å². The van der Waals surface area contributed by atoms with Crippen molar-refractivity contribution < 1.29 is 27.1 Å². The fourth-order valence-corrected chi connectivity index (χ4v) is 7.66. The Morgan fingerprint density at radius 1 is 1.00 bits per heavy atom. The molecule has 0 bridgehead atoms. The second kappa shape index (κ2) is 10.6. The third-order valence-corrected chi connectivity index (χ3v) is 9.17. The van der Waals surface area contributed by atoms with Gasteiger partial charge in [0.2, 0.25) is 5.60 Å². The standard InChI is InChI=1S/C30H42F3NO3Si/c1-21-13-18-25-26(19-21)36-27(34(28(25,2)3)20-22-11-9-8-10-12-22)29(30(31,32)33,37-38(5,6)7)23-14-16-24(35-4)17-15-23/h8-12,14-17,21,25-27H,13,18-20H2,1-7H3/t21-,25-,26-,27+,29+/m1/s1. The lowest BCUT2D eigenvalue weighted by Gasteiger charge is -2.61. The Bertz CT molecular complexity index is 1070. The lowest BCUT2D eigenvalue weighted by molar-refractivity contribution is -0.360. The predicted octanol–water partition coefficient (Wildman–Crippen LogP) is 7.75. The quantitative estimate of drug-likeness (QED) is 0.331. The van der Waals surface area contributed by atoms with Crippen LogP contribution in [0.25, 0.3) is 0 Å². The van der Waals surface area contributed by atoms with Crippen molar-refractivity contribution >= 4 is 8.32 Å². The fourth-order valence-electron chi connectivity index (χ4n) is 6.36. The van der Waals surface area contributed by atoms with E-state index in [1.807, 2.05) is 35.2 Å². The van der Waals surface area contributed by atoms with Crippen LogP contribution in [0.4, 0.5) is 13.2 Å². The van der Waals surface area contributed by atoms with Gasteiger partial charge in [-0.2, -0.15) is 13.2 Å². The molecular weight excluding hydrogens is 507 g/mol. The van der Waals surface area contributed by atoms with Crippen molar-refractivity contribution in [1.82, 2.24) is 4.90 Å². The maximum absolute atomic E-state index is 15.8. The average Bonchev–Trinajstić information content (AvgIpc) is 2.83. The molecule has 2 aromatic rings. The van der Waals surface area contributed by atoms with E-state index in [2.05, 4.69) is 20.8 Å². The highest BCUT2D eigenvalue weighted by atomic mass is 28.4. The van der Waals surface area contributed by atoms with Crippen LogP contribution in [-0.4, -0.2) is 44.4 Å². The van der Waals surface area contributed by atoms with Gasteiger partial charge >= 0.3 is 6.18 Å². The summed E-state index contributed by atoms with van der Waals surface area (Å²) in [5, 5.41) is 0. The molecule has 2 fully saturated rings. The van der Waals surface area contributed by atoms with E-state index in [0.717, 1.165) is 24.8 Å². The number of methoxy groups -OCH3 is 1. The highest BCUT2D eigenvalue weighted by molar-refractivity contribution is 6.69. The van der Waals surface area contributed by atoms with Crippen LogP contribution in [0.15, 0.2) is 54.6 Å². The fraction of sp³-hybridized carbons (Fsp3) is 0.600. The van der Waals surface area contributed by atoms with Gasteiger partial charge in [-0.3, -0.25) is 4.90 Å². The number of rotatable bonds is 7. The van der Waals surface area contributed by atoms with Gasteiger partial charge in [0.25, 0.3) is 0 Å². The second-order valence-corrected chi connectivity index (χ2v) is 16.9. The van der Waals surface area contributed by atoms with Crippen LogP contribution >= 0.6 is 0 Å². The maximum Gasteiger partial charge on any atom is 0.424 e. The van der Waals surface area contributed by atoms with Crippen molar-refractivity contribution in [3.05, 3.63) is 65.7 Å². The third-order valence-electron chi connectivity index (χ3n) is 8.24. The van der Waals surface area contributed by atoms with Gasteiger partial charge in [0.1, 0.15) is 5.75 Å². The van der Waals surface area contributed by atoms with Gasteiger partial charge in [0.05, 0.1) is 13.2 Å². The number of alkyl halides is 3. The predicted molar refractivity (Wildman–Crippen MR) is 146 cm³/mol. The molecule has 1 aliphatic heterocycles. The van der Waals surface area contributed by atoms with Crippen LogP contribution in [0.1, 0.15) is 51.2 Å². The molecule has 1 saturated heterocycles. The van der Waals surface area contributed by atoms with Gasteiger partial charge in [-0.1, -0.05) is 55.8 Å². The van der Waals surface area contributed by atoms with Crippen molar-refractivity contribution in [1.29, 1.82) is 0 Å². The lowest BCUT2D eigenvalue weighted by atomic mass is 9.68. The molecule has 0 amide bonds. The average molecular weight is 550 g/mol. The molecule has 8 heteroatoms. The Balaban J connectivity index is 1.95. The summed E-state index contributed by atoms with van der Waals surface area (Å²) in [4.78, 5) is 1.93. The molecule has 2 aliphatic rings. The van der Waals surface area contributed by atoms with Crippen LogP contribution < -0.4 is 4.74 Å². The Kier molecular flexibility index (Phi) is 8.12. The molecule has 2 aromatic carbocycles. The number of ether oxygens (including phenoxy) is 2. The molecular formula is C30H42F3NO3Si. The number of halogens is 3. The van der Waals surface area contributed by atoms with Crippen LogP contribution in [0.2, 0.25) is 19.6 Å². The van der Waals surface area contributed by atoms with Crippen LogP contribution in [-0.2, 0) is 21.3 Å². The number of hydrogen-bond donors (Lipinski definition) is 0. The molecule has 5 atom stereocenters. The van der Waals surface area contributed by atoms with E-state index >= 15 is 13.2 Å². The smallest absolute Gasteiger partial charge is 0.424 e. The van der Waals surface area contributed by atoms with E-state index in [-0.39, 0.29) is 17.6 Å². The summed E-state index contributed by atoms with van der Waals surface area (Å²) < 4.78 is 65.7. The van der Waals surface area contributed by atoms with Gasteiger partial charge in [0, 0.05) is 18.0 Å². The van der Waals surface area contributed by atoms with Crippen molar-refractivity contribution in [2.45, 2.75) is 95.9 Å². The van der Waals surface area contributed by atoms with Crippen molar-refractivity contribution in [3.8, 4) is 5.75 Å². The maximum atomic E-state index is 15.8. The lowest BCUT2D eigenvalue weighted by Crippen LogP contribution is -2.73. The first kappa shape index (κ1) is 29.1. The van der Waals surface area contributed by atoms with Gasteiger partial charge in [0.15, 0.2) is 14.5 Å². The summed E-state index contributed by atoms with van der Waals surface area (Å²) in [6, 6.07) is 15.8. The zero-order valence-electron chi connectivity index (χ0n) is 23.6. The zero-order valence-corrected chi connectivity index (χ0v) is 24.6.